The first-order chi connectivity index (χ1) is 8.09. The van der Waals surface area contributed by atoms with E-state index in [1.165, 1.54) is 0 Å². The number of oxazole rings is 1. The highest BCUT2D eigenvalue weighted by Crippen LogP contribution is 2.27. The Morgan fingerprint density at radius 2 is 2.35 bits per heavy atom. The van der Waals surface area contributed by atoms with Gasteiger partial charge in [0, 0.05) is 12.6 Å². The average Bonchev–Trinajstić information content (AvgIpc) is 2.58. The first-order valence-electron chi connectivity index (χ1n) is 6.01. The molecule has 1 saturated heterocycles. The Morgan fingerprint density at radius 1 is 1.59 bits per heavy atom. The standard InChI is InChI=1S/C12H18N2O3/c1-8-7-17-12(13-8)14-6-4-3-5-10(9(14)2)11(15)16/h7,9-10H,3-6H2,1-2H3,(H,15,16)/t9-,10+/m1/s1. The molecule has 0 spiro atoms. The Hall–Kier alpha value is -1.52. The van der Waals surface area contributed by atoms with Gasteiger partial charge >= 0.3 is 5.97 Å². The van der Waals surface area contributed by atoms with E-state index in [1.807, 2.05) is 18.7 Å². The summed E-state index contributed by atoms with van der Waals surface area (Å²) < 4.78 is 5.38. The molecule has 1 aliphatic rings. The third-order valence-electron chi connectivity index (χ3n) is 3.41. The highest BCUT2D eigenvalue weighted by Gasteiger charge is 2.33. The number of rotatable bonds is 2. The van der Waals surface area contributed by atoms with Crippen LogP contribution in [0.3, 0.4) is 0 Å². The van der Waals surface area contributed by atoms with E-state index in [-0.39, 0.29) is 12.0 Å². The molecular weight excluding hydrogens is 220 g/mol. The molecular formula is C12H18N2O3. The lowest BCUT2D eigenvalue weighted by Gasteiger charge is -2.28. The van der Waals surface area contributed by atoms with Gasteiger partial charge in [0.15, 0.2) is 0 Å². The van der Waals surface area contributed by atoms with Crippen LogP contribution in [0.4, 0.5) is 6.01 Å². The summed E-state index contributed by atoms with van der Waals surface area (Å²) in [5, 5.41) is 9.23. The lowest BCUT2D eigenvalue weighted by molar-refractivity contribution is -0.142. The summed E-state index contributed by atoms with van der Waals surface area (Å²) in [5.41, 5.74) is 0.823. The summed E-state index contributed by atoms with van der Waals surface area (Å²) in [7, 11) is 0. The van der Waals surface area contributed by atoms with E-state index in [4.69, 9.17) is 4.42 Å². The Morgan fingerprint density at radius 3 is 2.94 bits per heavy atom. The SMILES string of the molecule is Cc1coc(N2CCCC[C@H](C(=O)O)[C@H]2C)n1. The summed E-state index contributed by atoms with van der Waals surface area (Å²) in [4.78, 5) is 17.5. The minimum atomic E-state index is -0.729. The van der Waals surface area contributed by atoms with E-state index in [2.05, 4.69) is 4.98 Å². The van der Waals surface area contributed by atoms with Crippen molar-refractivity contribution in [3.05, 3.63) is 12.0 Å². The van der Waals surface area contributed by atoms with Crippen molar-refractivity contribution < 1.29 is 14.3 Å². The van der Waals surface area contributed by atoms with Crippen molar-refractivity contribution in [3.63, 3.8) is 0 Å². The number of hydrogen-bond donors (Lipinski definition) is 1. The number of aromatic nitrogens is 1. The molecule has 5 heteroatoms. The maximum absolute atomic E-state index is 11.2. The number of carboxylic acids is 1. The van der Waals surface area contributed by atoms with Crippen molar-refractivity contribution in [2.75, 3.05) is 11.4 Å². The van der Waals surface area contributed by atoms with Gasteiger partial charge in [-0.3, -0.25) is 4.79 Å². The minimum Gasteiger partial charge on any atom is -0.481 e. The van der Waals surface area contributed by atoms with E-state index in [1.54, 1.807) is 6.26 Å². The van der Waals surface area contributed by atoms with Crippen molar-refractivity contribution in [1.82, 2.24) is 4.98 Å². The highest BCUT2D eigenvalue weighted by molar-refractivity contribution is 5.71. The van der Waals surface area contributed by atoms with Crippen molar-refractivity contribution in [1.29, 1.82) is 0 Å². The second-order valence-electron chi connectivity index (χ2n) is 4.65. The summed E-state index contributed by atoms with van der Waals surface area (Å²) in [5.74, 6) is -1.07. The normalized spacial score (nSPS) is 25.6. The average molecular weight is 238 g/mol. The van der Waals surface area contributed by atoms with Gasteiger partial charge in [-0.25, -0.2) is 0 Å². The molecule has 1 aromatic rings. The third-order valence-corrected chi connectivity index (χ3v) is 3.41. The van der Waals surface area contributed by atoms with Gasteiger partial charge in [-0.2, -0.15) is 4.98 Å². The second kappa shape index (κ2) is 4.77. The van der Waals surface area contributed by atoms with Crippen molar-refractivity contribution in [2.45, 2.75) is 39.2 Å². The molecule has 94 valence electrons. The molecule has 1 aliphatic heterocycles. The Kier molecular flexibility index (Phi) is 3.36. The predicted octanol–water partition coefficient (Wildman–Crippen LogP) is 2.06. The summed E-state index contributed by atoms with van der Waals surface area (Å²) >= 11 is 0. The molecule has 17 heavy (non-hydrogen) atoms. The van der Waals surface area contributed by atoms with Crippen molar-refractivity contribution >= 4 is 12.0 Å². The quantitative estimate of drug-likeness (QED) is 0.854. The maximum Gasteiger partial charge on any atom is 0.308 e. The maximum atomic E-state index is 11.2. The van der Waals surface area contributed by atoms with Crippen LogP contribution in [0.1, 0.15) is 31.9 Å². The largest absolute Gasteiger partial charge is 0.481 e. The first-order valence-corrected chi connectivity index (χ1v) is 6.01. The number of carboxylic acid groups (broad SMARTS) is 1. The van der Waals surface area contributed by atoms with Crippen LogP contribution in [0.2, 0.25) is 0 Å². The fourth-order valence-electron chi connectivity index (χ4n) is 2.38. The van der Waals surface area contributed by atoms with Gasteiger partial charge in [-0.1, -0.05) is 6.42 Å². The molecule has 1 N–H and O–H groups in total. The zero-order valence-electron chi connectivity index (χ0n) is 10.2. The van der Waals surface area contributed by atoms with Crippen LogP contribution in [0.5, 0.6) is 0 Å². The smallest absolute Gasteiger partial charge is 0.308 e. The van der Waals surface area contributed by atoms with Crippen LogP contribution in [0.15, 0.2) is 10.7 Å². The lowest BCUT2D eigenvalue weighted by atomic mass is 9.96. The molecule has 0 saturated carbocycles. The van der Waals surface area contributed by atoms with Gasteiger partial charge in [-0.05, 0) is 26.7 Å². The first kappa shape index (κ1) is 12.0. The molecule has 0 aromatic carbocycles. The molecule has 1 fully saturated rings. The van der Waals surface area contributed by atoms with Crippen LogP contribution < -0.4 is 4.90 Å². The number of carbonyl (C=O) groups is 1. The van der Waals surface area contributed by atoms with Crippen LogP contribution in [0.25, 0.3) is 0 Å². The minimum absolute atomic E-state index is 0.0759. The third kappa shape index (κ3) is 2.43. The molecule has 0 bridgehead atoms. The van der Waals surface area contributed by atoms with Crippen molar-refractivity contribution in [2.24, 2.45) is 5.92 Å². The number of aliphatic carboxylic acids is 1. The zero-order chi connectivity index (χ0) is 12.4. The molecule has 5 nitrogen and oxygen atoms in total. The fraction of sp³-hybridized carbons (Fsp3) is 0.667. The van der Waals surface area contributed by atoms with E-state index in [0.717, 1.165) is 31.5 Å². The monoisotopic (exact) mass is 238 g/mol. The molecule has 2 atom stereocenters. The van der Waals surface area contributed by atoms with Crippen LogP contribution >= 0.6 is 0 Å². The molecule has 0 amide bonds. The number of hydrogen-bond acceptors (Lipinski definition) is 4. The van der Waals surface area contributed by atoms with Crippen molar-refractivity contribution in [3.8, 4) is 0 Å². The molecule has 0 unspecified atom stereocenters. The van der Waals surface area contributed by atoms with E-state index < -0.39 is 5.97 Å². The zero-order valence-corrected chi connectivity index (χ0v) is 10.2. The van der Waals surface area contributed by atoms with E-state index >= 15 is 0 Å². The summed E-state index contributed by atoms with van der Waals surface area (Å²) in [6, 6.07) is 0.469. The molecule has 1 aromatic heterocycles. The number of anilines is 1. The van der Waals surface area contributed by atoms with Crippen LogP contribution in [-0.2, 0) is 4.79 Å². The predicted molar refractivity (Wildman–Crippen MR) is 63.0 cm³/mol. The van der Waals surface area contributed by atoms with E-state index in [9.17, 15) is 9.90 Å². The molecule has 0 radical (unpaired) electrons. The Balaban J connectivity index is 2.23. The highest BCUT2D eigenvalue weighted by atomic mass is 16.4. The molecule has 2 rings (SSSR count). The summed E-state index contributed by atoms with van der Waals surface area (Å²) in [6.07, 6.45) is 4.25. The Bertz CT molecular complexity index is 402. The van der Waals surface area contributed by atoms with Gasteiger partial charge in [0.2, 0.25) is 0 Å². The fourth-order valence-corrected chi connectivity index (χ4v) is 2.38. The number of nitrogens with zero attached hydrogens (tertiary/aromatic N) is 2. The van der Waals surface area contributed by atoms with Crippen LogP contribution in [-0.4, -0.2) is 28.6 Å². The van der Waals surface area contributed by atoms with Gasteiger partial charge in [0.05, 0.1) is 11.6 Å². The van der Waals surface area contributed by atoms with Gasteiger partial charge in [0.25, 0.3) is 6.01 Å². The van der Waals surface area contributed by atoms with Crippen LogP contribution in [0, 0.1) is 12.8 Å². The topological polar surface area (TPSA) is 66.6 Å². The lowest BCUT2D eigenvalue weighted by Crippen LogP contribution is -2.40. The van der Waals surface area contributed by atoms with E-state index in [0.29, 0.717) is 6.01 Å². The Labute approximate surface area is 100 Å². The molecule has 0 aliphatic carbocycles. The number of aryl methyl sites for hydroxylation is 1. The molecule has 2 heterocycles. The van der Waals surface area contributed by atoms with Gasteiger partial charge < -0.3 is 14.4 Å². The summed E-state index contributed by atoms with van der Waals surface area (Å²) in [6.45, 7) is 4.61. The second-order valence-corrected chi connectivity index (χ2v) is 4.65. The van der Waals surface area contributed by atoms with Gasteiger partial charge in [-0.15, -0.1) is 0 Å². The van der Waals surface area contributed by atoms with Gasteiger partial charge in [0.1, 0.15) is 6.26 Å².